The molecule has 16 heavy (non-hydrogen) atoms. The molecule has 1 heterocycles. The summed E-state index contributed by atoms with van der Waals surface area (Å²) in [7, 11) is 2.06. The second-order valence-corrected chi connectivity index (χ2v) is 4.06. The topological polar surface area (TPSA) is 41.1 Å². The van der Waals surface area contributed by atoms with E-state index in [-0.39, 0.29) is 0 Å². The van der Waals surface area contributed by atoms with Gasteiger partial charge in [-0.05, 0) is 19.8 Å². The zero-order valence-electron chi connectivity index (χ0n) is 10.7. The van der Waals surface area contributed by atoms with Crippen LogP contribution in [0.4, 0.5) is 11.6 Å². The quantitative estimate of drug-likeness (QED) is 0.803. The normalized spacial score (nSPS) is 12.2. The first-order valence-corrected chi connectivity index (χ1v) is 5.97. The lowest BCUT2D eigenvalue weighted by molar-refractivity contribution is 0.656. The molecule has 1 atom stereocenters. The van der Waals surface area contributed by atoms with Crippen LogP contribution < -0.4 is 10.2 Å². The molecule has 1 N–H and O–H groups in total. The van der Waals surface area contributed by atoms with Crippen molar-refractivity contribution in [3.63, 3.8) is 0 Å². The van der Waals surface area contributed by atoms with Crippen LogP contribution in [0.3, 0.4) is 0 Å². The van der Waals surface area contributed by atoms with Gasteiger partial charge < -0.3 is 10.2 Å². The fraction of sp³-hybridized carbons (Fsp3) is 0.667. The monoisotopic (exact) mass is 222 g/mol. The lowest BCUT2D eigenvalue weighted by atomic mass is 10.2. The van der Waals surface area contributed by atoms with Crippen molar-refractivity contribution in [3.05, 3.63) is 12.4 Å². The minimum Gasteiger partial charge on any atom is -0.369 e. The van der Waals surface area contributed by atoms with Gasteiger partial charge in [-0.2, -0.15) is 0 Å². The summed E-state index contributed by atoms with van der Waals surface area (Å²) in [6.45, 7) is 7.43. The first kappa shape index (κ1) is 12.7. The van der Waals surface area contributed by atoms with E-state index < -0.39 is 0 Å². The van der Waals surface area contributed by atoms with Gasteiger partial charge in [0.2, 0.25) is 0 Å². The number of nitrogens with zero attached hydrogens (tertiary/aromatic N) is 3. The van der Waals surface area contributed by atoms with Crippen molar-refractivity contribution in [1.29, 1.82) is 0 Å². The number of anilines is 2. The Morgan fingerprint density at radius 3 is 2.75 bits per heavy atom. The van der Waals surface area contributed by atoms with Crippen molar-refractivity contribution < 1.29 is 0 Å². The van der Waals surface area contributed by atoms with E-state index in [1.54, 1.807) is 6.20 Å². The summed E-state index contributed by atoms with van der Waals surface area (Å²) in [4.78, 5) is 10.9. The molecule has 0 bridgehead atoms. The van der Waals surface area contributed by atoms with Crippen LogP contribution in [0.1, 0.15) is 33.6 Å². The molecule has 0 spiro atoms. The van der Waals surface area contributed by atoms with Crippen LogP contribution in [-0.2, 0) is 0 Å². The molecule has 0 saturated carbocycles. The Bertz CT molecular complexity index is 314. The maximum absolute atomic E-state index is 4.53. The van der Waals surface area contributed by atoms with Gasteiger partial charge in [-0.1, -0.05) is 13.8 Å². The van der Waals surface area contributed by atoms with Crippen LogP contribution in [0.15, 0.2) is 12.4 Å². The molecule has 0 fully saturated rings. The van der Waals surface area contributed by atoms with E-state index in [9.17, 15) is 0 Å². The zero-order valence-corrected chi connectivity index (χ0v) is 10.7. The van der Waals surface area contributed by atoms with Crippen molar-refractivity contribution in [3.8, 4) is 0 Å². The summed E-state index contributed by atoms with van der Waals surface area (Å²) < 4.78 is 0. The molecular weight excluding hydrogens is 200 g/mol. The second kappa shape index (κ2) is 6.30. The van der Waals surface area contributed by atoms with E-state index in [0.717, 1.165) is 31.0 Å². The van der Waals surface area contributed by atoms with E-state index in [2.05, 4.69) is 48.0 Å². The Balaban J connectivity index is 2.73. The van der Waals surface area contributed by atoms with E-state index in [0.29, 0.717) is 6.04 Å². The van der Waals surface area contributed by atoms with Crippen LogP contribution in [-0.4, -0.2) is 29.6 Å². The maximum Gasteiger partial charge on any atom is 0.149 e. The van der Waals surface area contributed by atoms with E-state index in [1.807, 2.05) is 6.20 Å². The minimum atomic E-state index is 0.482. The molecule has 4 nitrogen and oxygen atoms in total. The molecule has 0 amide bonds. The summed E-state index contributed by atoms with van der Waals surface area (Å²) >= 11 is 0. The summed E-state index contributed by atoms with van der Waals surface area (Å²) in [5.41, 5.74) is 0. The number of nitrogens with one attached hydrogen (secondary N) is 1. The second-order valence-electron chi connectivity index (χ2n) is 4.06. The summed E-state index contributed by atoms with van der Waals surface area (Å²) in [5.74, 6) is 1.78. The predicted octanol–water partition coefficient (Wildman–Crippen LogP) is 2.53. The Kier molecular flexibility index (Phi) is 5.02. The van der Waals surface area contributed by atoms with E-state index in [4.69, 9.17) is 0 Å². The predicted molar refractivity (Wildman–Crippen MR) is 69.0 cm³/mol. The van der Waals surface area contributed by atoms with Crippen molar-refractivity contribution in [2.24, 2.45) is 0 Å². The van der Waals surface area contributed by atoms with Crippen LogP contribution in [0.5, 0.6) is 0 Å². The number of rotatable bonds is 6. The van der Waals surface area contributed by atoms with Gasteiger partial charge >= 0.3 is 0 Å². The average molecular weight is 222 g/mol. The fourth-order valence-electron chi connectivity index (χ4n) is 1.36. The summed E-state index contributed by atoms with van der Waals surface area (Å²) in [5, 5.41) is 3.25. The highest BCUT2D eigenvalue weighted by molar-refractivity contribution is 5.43. The number of hydrogen-bond donors (Lipinski definition) is 1. The number of aromatic nitrogens is 2. The molecule has 0 aliphatic carbocycles. The number of hydrogen-bond acceptors (Lipinski definition) is 4. The molecule has 90 valence electrons. The van der Waals surface area contributed by atoms with Crippen LogP contribution in [0, 0.1) is 0 Å². The Hall–Kier alpha value is -1.32. The van der Waals surface area contributed by atoms with Crippen molar-refractivity contribution >= 4 is 11.6 Å². The summed E-state index contributed by atoms with van der Waals surface area (Å²) in [6, 6.07) is 0.482. The molecule has 0 aliphatic rings. The fourth-order valence-corrected chi connectivity index (χ4v) is 1.36. The molecule has 0 aromatic carbocycles. The van der Waals surface area contributed by atoms with Crippen LogP contribution >= 0.6 is 0 Å². The third kappa shape index (κ3) is 3.36. The standard InChI is InChI=1S/C12H22N4/c1-5-7-14-11-8-13-9-12(15-11)16(4)10(3)6-2/h8-10H,5-7H2,1-4H3,(H,14,15). The SMILES string of the molecule is CCCNc1cncc(N(C)C(C)CC)n1. The van der Waals surface area contributed by atoms with Gasteiger partial charge in [0.25, 0.3) is 0 Å². The van der Waals surface area contributed by atoms with Gasteiger partial charge in [-0.15, -0.1) is 0 Å². The highest BCUT2D eigenvalue weighted by Gasteiger charge is 2.09. The lowest BCUT2D eigenvalue weighted by Gasteiger charge is -2.24. The molecule has 4 heteroatoms. The first-order valence-electron chi connectivity index (χ1n) is 5.97. The maximum atomic E-state index is 4.53. The molecule has 1 aromatic rings. The molecule has 0 aliphatic heterocycles. The minimum absolute atomic E-state index is 0.482. The largest absolute Gasteiger partial charge is 0.369 e. The molecular formula is C12H22N4. The third-order valence-electron chi connectivity index (χ3n) is 2.79. The first-order chi connectivity index (χ1) is 7.69. The van der Waals surface area contributed by atoms with Gasteiger partial charge in [-0.3, -0.25) is 4.98 Å². The summed E-state index contributed by atoms with van der Waals surface area (Å²) in [6.07, 6.45) is 5.77. The Labute approximate surface area is 98.1 Å². The van der Waals surface area contributed by atoms with Gasteiger partial charge in [0.05, 0.1) is 12.4 Å². The Morgan fingerprint density at radius 2 is 2.12 bits per heavy atom. The van der Waals surface area contributed by atoms with Gasteiger partial charge in [0.1, 0.15) is 11.6 Å². The molecule has 0 saturated heterocycles. The molecule has 1 aromatic heterocycles. The smallest absolute Gasteiger partial charge is 0.149 e. The third-order valence-corrected chi connectivity index (χ3v) is 2.79. The highest BCUT2D eigenvalue weighted by atomic mass is 15.2. The van der Waals surface area contributed by atoms with Gasteiger partial charge in [0, 0.05) is 19.6 Å². The lowest BCUT2D eigenvalue weighted by Crippen LogP contribution is -2.29. The van der Waals surface area contributed by atoms with Crippen LogP contribution in [0.2, 0.25) is 0 Å². The van der Waals surface area contributed by atoms with Crippen molar-refractivity contribution in [2.75, 3.05) is 23.8 Å². The van der Waals surface area contributed by atoms with Crippen LogP contribution in [0.25, 0.3) is 0 Å². The molecule has 0 radical (unpaired) electrons. The van der Waals surface area contributed by atoms with E-state index in [1.165, 1.54) is 0 Å². The average Bonchev–Trinajstić information content (AvgIpc) is 2.34. The Morgan fingerprint density at radius 1 is 1.38 bits per heavy atom. The van der Waals surface area contributed by atoms with Gasteiger partial charge in [-0.25, -0.2) is 4.98 Å². The van der Waals surface area contributed by atoms with Crippen molar-refractivity contribution in [2.45, 2.75) is 39.7 Å². The zero-order chi connectivity index (χ0) is 12.0. The highest BCUT2D eigenvalue weighted by Crippen LogP contribution is 2.14. The van der Waals surface area contributed by atoms with Crippen molar-refractivity contribution in [1.82, 2.24) is 9.97 Å². The molecule has 1 rings (SSSR count). The van der Waals surface area contributed by atoms with Gasteiger partial charge in [0.15, 0.2) is 0 Å². The van der Waals surface area contributed by atoms with E-state index >= 15 is 0 Å². The molecule has 1 unspecified atom stereocenters.